The summed E-state index contributed by atoms with van der Waals surface area (Å²) in [6.45, 7) is 8.85. The predicted octanol–water partition coefficient (Wildman–Crippen LogP) is 7.88. The van der Waals surface area contributed by atoms with Crippen molar-refractivity contribution in [2.24, 2.45) is 0 Å². The van der Waals surface area contributed by atoms with E-state index < -0.39 is 0 Å². The molecule has 0 amide bonds. The van der Waals surface area contributed by atoms with E-state index in [1.165, 1.54) is 55.3 Å². The number of benzene rings is 4. The number of fused-ring (bicyclic) bond motifs is 3. The van der Waals surface area contributed by atoms with Crippen molar-refractivity contribution >= 4 is 16.8 Å². The van der Waals surface area contributed by atoms with Gasteiger partial charge >= 0.3 is 0 Å². The van der Waals surface area contributed by atoms with Crippen LogP contribution in [-0.4, -0.2) is 0 Å². The standard InChI is InChI=1S/C30H28.C2H2/c1-20-9-13-24(14-10-20)30(25-15-11-21(2)12-16-25)18-17-27-23(4)22(3)26-7-5-6-8-28(26)29(27)19-30;1-2/h5-18H,19H2,1-4H3;1-2H. The van der Waals surface area contributed by atoms with Gasteiger partial charge in [-0.25, -0.2) is 0 Å². The molecule has 0 saturated heterocycles. The first-order valence-electron chi connectivity index (χ1n) is 11.2. The molecule has 0 N–H and O–H groups in total. The van der Waals surface area contributed by atoms with E-state index in [0.717, 1.165) is 6.42 Å². The fourth-order valence-corrected chi connectivity index (χ4v) is 5.09. The quantitative estimate of drug-likeness (QED) is 0.293. The van der Waals surface area contributed by atoms with E-state index in [0.29, 0.717) is 0 Å². The highest BCUT2D eigenvalue weighted by atomic mass is 14.4. The van der Waals surface area contributed by atoms with Crippen LogP contribution in [0.1, 0.15) is 44.5 Å². The fraction of sp³-hybridized carbons (Fsp3) is 0.188. The molecule has 4 aromatic rings. The molecule has 0 atom stereocenters. The molecule has 5 rings (SSSR count). The van der Waals surface area contributed by atoms with Crippen molar-refractivity contribution in [3.8, 4) is 12.8 Å². The van der Waals surface area contributed by atoms with E-state index >= 15 is 0 Å². The van der Waals surface area contributed by atoms with Gasteiger partial charge in [0, 0.05) is 5.41 Å². The Labute approximate surface area is 192 Å². The molecule has 32 heavy (non-hydrogen) atoms. The molecule has 1 aliphatic rings. The Balaban J connectivity index is 0.00000119. The van der Waals surface area contributed by atoms with E-state index in [9.17, 15) is 0 Å². The highest BCUT2D eigenvalue weighted by Crippen LogP contribution is 2.45. The minimum Gasteiger partial charge on any atom is -0.124 e. The molecule has 0 heterocycles. The molecule has 158 valence electrons. The van der Waals surface area contributed by atoms with Crippen molar-refractivity contribution in [1.82, 2.24) is 0 Å². The van der Waals surface area contributed by atoms with Crippen LogP contribution >= 0.6 is 0 Å². The van der Waals surface area contributed by atoms with Gasteiger partial charge < -0.3 is 0 Å². The third kappa shape index (κ3) is 3.45. The average molecular weight is 415 g/mol. The van der Waals surface area contributed by atoms with Crippen LogP contribution in [0.5, 0.6) is 0 Å². The number of hydrogen-bond acceptors (Lipinski definition) is 0. The first-order valence-corrected chi connectivity index (χ1v) is 11.2. The summed E-state index contributed by atoms with van der Waals surface area (Å²) in [4.78, 5) is 0. The summed E-state index contributed by atoms with van der Waals surface area (Å²) < 4.78 is 0. The predicted molar refractivity (Wildman–Crippen MR) is 139 cm³/mol. The minimum atomic E-state index is -0.154. The molecule has 0 radical (unpaired) electrons. The number of allylic oxidation sites excluding steroid dienone is 1. The number of terminal acetylenes is 1. The lowest BCUT2D eigenvalue weighted by atomic mass is 9.66. The fourth-order valence-electron chi connectivity index (χ4n) is 5.09. The Kier molecular flexibility index (Phi) is 5.77. The zero-order valence-corrected chi connectivity index (χ0v) is 19.4. The van der Waals surface area contributed by atoms with Gasteiger partial charge in [0.15, 0.2) is 0 Å². The normalized spacial score (nSPS) is 13.8. The Hall–Kier alpha value is -3.56. The zero-order chi connectivity index (χ0) is 22.9. The highest BCUT2D eigenvalue weighted by molar-refractivity contribution is 5.94. The van der Waals surface area contributed by atoms with Crippen LogP contribution in [0.4, 0.5) is 0 Å². The van der Waals surface area contributed by atoms with Crippen molar-refractivity contribution in [3.63, 3.8) is 0 Å². The monoisotopic (exact) mass is 414 g/mol. The molecular weight excluding hydrogens is 384 g/mol. The summed E-state index contributed by atoms with van der Waals surface area (Å²) in [6, 6.07) is 27.1. The second kappa shape index (κ2) is 8.52. The van der Waals surface area contributed by atoms with Crippen LogP contribution in [0.25, 0.3) is 16.8 Å². The van der Waals surface area contributed by atoms with E-state index in [2.05, 4.69) is 125 Å². The summed E-state index contributed by atoms with van der Waals surface area (Å²) in [7, 11) is 0. The molecule has 0 bridgehead atoms. The van der Waals surface area contributed by atoms with E-state index in [4.69, 9.17) is 0 Å². The van der Waals surface area contributed by atoms with Crippen molar-refractivity contribution in [2.45, 2.75) is 39.5 Å². The zero-order valence-electron chi connectivity index (χ0n) is 19.4. The highest BCUT2D eigenvalue weighted by Gasteiger charge is 2.36. The first-order chi connectivity index (χ1) is 15.5. The average Bonchev–Trinajstić information content (AvgIpc) is 2.84. The maximum atomic E-state index is 4.00. The molecule has 0 unspecified atom stereocenters. The van der Waals surface area contributed by atoms with Gasteiger partial charge in [0.05, 0.1) is 0 Å². The van der Waals surface area contributed by atoms with Crippen LogP contribution in [-0.2, 0) is 11.8 Å². The van der Waals surface area contributed by atoms with E-state index in [1.807, 2.05) is 0 Å². The maximum absolute atomic E-state index is 4.00. The van der Waals surface area contributed by atoms with Crippen molar-refractivity contribution in [2.75, 3.05) is 0 Å². The van der Waals surface area contributed by atoms with Gasteiger partial charge in [0.1, 0.15) is 0 Å². The lowest BCUT2D eigenvalue weighted by Gasteiger charge is -2.37. The van der Waals surface area contributed by atoms with Gasteiger partial charge in [0.2, 0.25) is 0 Å². The van der Waals surface area contributed by atoms with Crippen LogP contribution in [0.2, 0.25) is 0 Å². The third-order valence-electron chi connectivity index (χ3n) is 7.07. The van der Waals surface area contributed by atoms with Gasteiger partial charge in [-0.05, 0) is 78.3 Å². The largest absolute Gasteiger partial charge is 0.124 e. The number of hydrogen-bond donors (Lipinski definition) is 0. The molecule has 1 aliphatic carbocycles. The summed E-state index contributed by atoms with van der Waals surface area (Å²) in [5.41, 5.74) is 10.8. The molecule has 0 fully saturated rings. The van der Waals surface area contributed by atoms with Gasteiger partial charge in [-0.3, -0.25) is 0 Å². The lowest BCUT2D eigenvalue weighted by Crippen LogP contribution is -2.31. The minimum absolute atomic E-state index is 0.154. The van der Waals surface area contributed by atoms with Crippen LogP contribution in [0.15, 0.2) is 78.9 Å². The molecular formula is C32H30. The topological polar surface area (TPSA) is 0 Å². The van der Waals surface area contributed by atoms with Gasteiger partial charge in [0.25, 0.3) is 0 Å². The molecule has 0 heteroatoms. The first kappa shape index (κ1) is 21.7. The summed E-state index contributed by atoms with van der Waals surface area (Å²) in [6.07, 6.45) is 13.8. The molecule has 0 saturated carbocycles. The SMILES string of the molecule is C#C.Cc1ccc(C2(c3ccc(C)cc3)C=Cc3c(C)c(C)c4ccccc4c3C2)cc1. The number of aryl methyl sites for hydroxylation is 3. The lowest BCUT2D eigenvalue weighted by molar-refractivity contribution is 0.635. The van der Waals surface area contributed by atoms with Crippen molar-refractivity contribution < 1.29 is 0 Å². The van der Waals surface area contributed by atoms with Crippen molar-refractivity contribution in [3.05, 3.63) is 123 Å². The third-order valence-corrected chi connectivity index (χ3v) is 7.07. The van der Waals surface area contributed by atoms with Crippen molar-refractivity contribution in [1.29, 1.82) is 0 Å². The Morgan fingerprint density at radius 2 is 1.12 bits per heavy atom. The van der Waals surface area contributed by atoms with E-state index in [1.54, 1.807) is 0 Å². The van der Waals surface area contributed by atoms with Gasteiger partial charge in [-0.2, -0.15) is 0 Å². The molecule has 4 aromatic carbocycles. The maximum Gasteiger partial charge on any atom is 0.0425 e. The van der Waals surface area contributed by atoms with Crippen LogP contribution < -0.4 is 0 Å². The van der Waals surface area contributed by atoms with E-state index in [-0.39, 0.29) is 5.41 Å². The Morgan fingerprint density at radius 3 is 1.66 bits per heavy atom. The molecule has 0 aliphatic heterocycles. The second-order valence-corrected chi connectivity index (χ2v) is 8.90. The smallest absolute Gasteiger partial charge is 0.0425 e. The van der Waals surface area contributed by atoms with Crippen LogP contribution in [0.3, 0.4) is 0 Å². The number of rotatable bonds is 2. The van der Waals surface area contributed by atoms with Gasteiger partial charge in [-0.15, -0.1) is 12.8 Å². The molecule has 0 aromatic heterocycles. The molecule has 0 spiro atoms. The molecule has 0 nitrogen and oxygen atoms in total. The van der Waals surface area contributed by atoms with Gasteiger partial charge in [-0.1, -0.05) is 96.1 Å². The van der Waals surface area contributed by atoms with Crippen LogP contribution in [0, 0.1) is 40.5 Å². The summed E-state index contributed by atoms with van der Waals surface area (Å²) >= 11 is 0. The Morgan fingerprint density at radius 1 is 0.625 bits per heavy atom. The Bertz CT molecular complexity index is 1270. The second-order valence-electron chi connectivity index (χ2n) is 8.90. The summed E-state index contributed by atoms with van der Waals surface area (Å²) in [5.74, 6) is 0. The summed E-state index contributed by atoms with van der Waals surface area (Å²) in [5, 5.41) is 2.77.